The van der Waals surface area contributed by atoms with Crippen LogP contribution in [0.3, 0.4) is 0 Å². The minimum absolute atomic E-state index is 0. The van der Waals surface area contributed by atoms with Crippen LogP contribution in [0.2, 0.25) is 0 Å². The third-order valence-electron chi connectivity index (χ3n) is 1.27. The summed E-state index contributed by atoms with van der Waals surface area (Å²) in [6.45, 7) is 1.72. The van der Waals surface area contributed by atoms with Crippen molar-refractivity contribution in [3.63, 3.8) is 0 Å². The molecule has 1 rings (SSSR count). The smallest absolute Gasteiger partial charge is 1.00 e. The zero-order valence-electron chi connectivity index (χ0n) is 6.95. The van der Waals surface area contributed by atoms with E-state index in [0.29, 0.717) is 0 Å². The Labute approximate surface area is 101 Å². The normalized spacial score (nSPS) is 9.85. The Morgan fingerprint density at radius 1 is 1.23 bits per heavy atom. The number of aryl methyl sites for hydroxylation is 1. The predicted octanol–water partition coefficient (Wildman–Crippen LogP) is -0.563. The van der Waals surface area contributed by atoms with Gasteiger partial charge in [-0.3, -0.25) is 0 Å². The Kier molecular flexibility index (Phi) is 7.10. The van der Waals surface area contributed by atoms with E-state index in [1.807, 2.05) is 0 Å². The van der Waals surface area contributed by atoms with E-state index < -0.39 is 11.7 Å². The second kappa shape index (κ2) is 5.88. The zero-order chi connectivity index (χ0) is 8.48. The van der Waals surface area contributed by atoms with Crippen molar-refractivity contribution in [1.82, 2.24) is 0 Å². The molecule has 1 aromatic rings. The monoisotopic (exact) mass is 262 g/mol. The molecule has 0 atom stereocenters. The van der Waals surface area contributed by atoms with Crippen molar-refractivity contribution >= 4 is 23.1 Å². The quantitative estimate of drug-likeness (QED) is 0.435. The summed E-state index contributed by atoms with van der Waals surface area (Å²) in [4.78, 5) is 0. The SMILES string of the molecule is Cc1c[c-]c(C(F)(F)F)cc1.[Br-].[Mg+2]. The third kappa shape index (κ3) is 4.88. The van der Waals surface area contributed by atoms with Crippen LogP contribution in [0.25, 0.3) is 0 Å². The van der Waals surface area contributed by atoms with Gasteiger partial charge in [0.05, 0.1) is 0 Å². The molecule has 13 heavy (non-hydrogen) atoms. The maximum absolute atomic E-state index is 11.9. The first-order chi connectivity index (χ1) is 5.00. The molecule has 0 aliphatic heterocycles. The van der Waals surface area contributed by atoms with Gasteiger partial charge in [-0.05, 0) is 0 Å². The van der Waals surface area contributed by atoms with Crippen LogP contribution in [0.1, 0.15) is 11.1 Å². The maximum Gasteiger partial charge on any atom is 2.00 e. The predicted molar refractivity (Wildman–Crippen MR) is 40.8 cm³/mol. The number of hydrogen-bond acceptors (Lipinski definition) is 0. The first-order valence-electron chi connectivity index (χ1n) is 3.05. The van der Waals surface area contributed by atoms with Gasteiger partial charge in [-0.2, -0.15) is 43.0 Å². The Bertz CT molecular complexity index is 243. The van der Waals surface area contributed by atoms with E-state index >= 15 is 0 Å². The molecule has 0 amide bonds. The molecule has 0 aromatic heterocycles. The fourth-order valence-corrected chi connectivity index (χ4v) is 0.679. The Morgan fingerprint density at radius 2 is 1.77 bits per heavy atom. The zero-order valence-corrected chi connectivity index (χ0v) is 9.95. The third-order valence-corrected chi connectivity index (χ3v) is 1.27. The minimum Gasteiger partial charge on any atom is -1.00 e. The molecule has 0 heterocycles. The van der Waals surface area contributed by atoms with E-state index in [0.717, 1.165) is 11.6 Å². The van der Waals surface area contributed by atoms with Crippen molar-refractivity contribution in [2.75, 3.05) is 0 Å². The van der Waals surface area contributed by atoms with E-state index in [2.05, 4.69) is 6.07 Å². The van der Waals surface area contributed by atoms with Gasteiger partial charge in [0.15, 0.2) is 0 Å². The summed E-state index contributed by atoms with van der Waals surface area (Å²) in [5.41, 5.74) is 0.0566. The Morgan fingerprint density at radius 3 is 2.08 bits per heavy atom. The van der Waals surface area contributed by atoms with E-state index in [1.54, 1.807) is 6.92 Å². The van der Waals surface area contributed by atoms with Gasteiger partial charge < -0.3 is 17.0 Å². The topological polar surface area (TPSA) is 0 Å². The summed E-state index contributed by atoms with van der Waals surface area (Å²) < 4.78 is 35.7. The van der Waals surface area contributed by atoms with Crippen LogP contribution < -0.4 is 17.0 Å². The molecule has 0 radical (unpaired) electrons. The van der Waals surface area contributed by atoms with Gasteiger partial charge in [0.2, 0.25) is 0 Å². The number of hydrogen-bond donors (Lipinski definition) is 0. The van der Waals surface area contributed by atoms with Crippen molar-refractivity contribution < 1.29 is 30.2 Å². The molecule has 0 bridgehead atoms. The molecular formula is C8H6BrF3Mg. The molecule has 0 spiro atoms. The maximum atomic E-state index is 11.9. The summed E-state index contributed by atoms with van der Waals surface area (Å²) in [5.74, 6) is 0. The van der Waals surface area contributed by atoms with Gasteiger partial charge in [-0.15, -0.1) is 0 Å². The van der Waals surface area contributed by atoms with Gasteiger partial charge in [-0.1, -0.05) is 12.5 Å². The van der Waals surface area contributed by atoms with Gasteiger partial charge in [0, 0.05) is 0 Å². The molecule has 68 valence electrons. The fourth-order valence-electron chi connectivity index (χ4n) is 0.679. The van der Waals surface area contributed by atoms with Gasteiger partial charge >= 0.3 is 29.2 Å². The van der Waals surface area contributed by atoms with Gasteiger partial charge in [-0.25, -0.2) is 0 Å². The van der Waals surface area contributed by atoms with Crippen molar-refractivity contribution in [2.45, 2.75) is 13.1 Å². The number of halogens is 4. The van der Waals surface area contributed by atoms with Gasteiger partial charge in [0.1, 0.15) is 0 Å². The molecule has 1 aromatic carbocycles. The van der Waals surface area contributed by atoms with Crippen LogP contribution in [0.4, 0.5) is 13.2 Å². The number of rotatable bonds is 0. The average molecular weight is 263 g/mol. The molecule has 0 unspecified atom stereocenters. The summed E-state index contributed by atoms with van der Waals surface area (Å²) in [6.07, 6.45) is -4.27. The van der Waals surface area contributed by atoms with Crippen LogP contribution in [0, 0.1) is 13.0 Å². The molecule has 0 nitrogen and oxygen atoms in total. The van der Waals surface area contributed by atoms with Crippen molar-refractivity contribution in [1.29, 1.82) is 0 Å². The number of alkyl halides is 3. The van der Waals surface area contributed by atoms with E-state index in [-0.39, 0.29) is 40.0 Å². The minimum atomic E-state index is -4.27. The van der Waals surface area contributed by atoms with E-state index in [1.165, 1.54) is 12.1 Å². The standard InChI is InChI=1S/C8H6F3.BrH.Mg/c1-6-2-4-7(5-3-6)8(9,10)11;;/h2-4H,1H3;1H;/q-1;;+2/p-1. The molecule has 5 heteroatoms. The Hall–Kier alpha value is 0.256. The van der Waals surface area contributed by atoms with E-state index in [9.17, 15) is 13.2 Å². The molecule has 0 fully saturated rings. The summed E-state index contributed by atoms with van der Waals surface area (Å²) >= 11 is 0. The van der Waals surface area contributed by atoms with Gasteiger partial charge in [0.25, 0.3) is 0 Å². The summed E-state index contributed by atoms with van der Waals surface area (Å²) in [7, 11) is 0. The van der Waals surface area contributed by atoms with Crippen LogP contribution >= 0.6 is 0 Å². The molecule has 0 aliphatic carbocycles. The fraction of sp³-hybridized carbons (Fsp3) is 0.250. The van der Waals surface area contributed by atoms with Crippen LogP contribution in [0.15, 0.2) is 18.2 Å². The second-order valence-corrected chi connectivity index (χ2v) is 2.28. The first kappa shape index (κ1) is 15.7. The van der Waals surface area contributed by atoms with Crippen molar-refractivity contribution in [2.24, 2.45) is 0 Å². The largest absolute Gasteiger partial charge is 2.00 e. The molecular weight excluding hydrogens is 257 g/mol. The summed E-state index contributed by atoms with van der Waals surface area (Å²) in [5, 5.41) is 0. The Balaban J connectivity index is 0. The molecule has 0 N–H and O–H groups in total. The van der Waals surface area contributed by atoms with E-state index in [4.69, 9.17) is 0 Å². The van der Waals surface area contributed by atoms with Crippen molar-refractivity contribution in [3.8, 4) is 0 Å². The van der Waals surface area contributed by atoms with Crippen LogP contribution in [-0.2, 0) is 6.18 Å². The van der Waals surface area contributed by atoms with Crippen LogP contribution in [0.5, 0.6) is 0 Å². The average Bonchev–Trinajstić information content (AvgIpc) is 1.86. The molecule has 0 saturated heterocycles. The van der Waals surface area contributed by atoms with Crippen LogP contribution in [-0.4, -0.2) is 23.1 Å². The van der Waals surface area contributed by atoms with Crippen molar-refractivity contribution in [3.05, 3.63) is 35.4 Å². The number of benzene rings is 1. The molecule has 0 saturated carbocycles. The molecule has 0 aliphatic rings. The first-order valence-corrected chi connectivity index (χ1v) is 3.05. The summed E-state index contributed by atoms with van der Waals surface area (Å²) in [6, 6.07) is 5.91. The second-order valence-electron chi connectivity index (χ2n) is 2.28.